The molecule has 2 rings (SSSR count). The Hall–Kier alpha value is -0.810. The van der Waals surface area contributed by atoms with E-state index in [4.69, 9.17) is 25.8 Å². The van der Waals surface area contributed by atoms with Crippen LogP contribution in [0.3, 0.4) is 0 Å². The van der Waals surface area contributed by atoms with E-state index in [-0.39, 0.29) is 6.10 Å². The fraction of sp³-hybridized carbons (Fsp3) is 0.571. The standard InChI is InChI=1S/C14H20ClNO3/c1-16(9-12-10-18-5-6-19-12)8-11-3-4-14(17-2)13(15)7-11/h3-4,7,12H,5-6,8-10H2,1-2H3/t12-/m1/s1. The van der Waals surface area contributed by atoms with Crippen LogP contribution in [0.15, 0.2) is 18.2 Å². The molecule has 19 heavy (non-hydrogen) atoms. The maximum Gasteiger partial charge on any atom is 0.137 e. The summed E-state index contributed by atoms with van der Waals surface area (Å²) < 4.78 is 16.2. The first-order valence-electron chi connectivity index (χ1n) is 6.39. The van der Waals surface area contributed by atoms with Gasteiger partial charge in [0.25, 0.3) is 0 Å². The van der Waals surface area contributed by atoms with Crippen LogP contribution in [0.4, 0.5) is 0 Å². The summed E-state index contributed by atoms with van der Waals surface area (Å²) in [6.45, 7) is 3.74. The first kappa shape index (κ1) is 14.6. The van der Waals surface area contributed by atoms with Gasteiger partial charge in [0.05, 0.1) is 38.1 Å². The topological polar surface area (TPSA) is 30.9 Å². The van der Waals surface area contributed by atoms with Crippen LogP contribution in [0.25, 0.3) is 0 Å². The minimum Gasteiger partial charge on any atom is -0.495 e. The summed E-state index contributed by atoms with van der Waals surface area (Å²) in [7, 11) is 3.68. The number of rotatable bonds is 5. The third-order valence-electron chi connectivity index (χ3n) is 3.07. The van der Waals surface area contributed by atoms with Gasteiger partial charge in [0, 0.05) is 13.1 Å². The Balaban J connectivity index is 1.87. The molecule has 0 amide bonds. The number of hydrogen-bond donors (Lipinski definition) is 0. The zero-order valence-electron chi connectivity index (χ0n) is 11.4. The van der Waals surface area contributed by atoms with Gasteiger partial charge in [-0.15, -0.1) is 0 Å². The van der Waals surface area contributed by atoms with E-state index in [2.05, 4.69) is 11.9 Å². The average Bonchev–Trinajstić information content (AvgIpc) is 2.40. The molecule has 0 saturated carbocycles. The van der Waals surface area contributed by atoms with Gasteiger partial charge in [-0.1, -0.05) is 17.7 Å². The Kier molecular flexibility index (Phi) is 5.45. The van der Waals surface area contributed by atoms with Gasteiger partial charge >= 0.3 is 0 Å². The van der Waals surface area contributed by atoms with Crippen molar-refractivity contribution in [3.63, 3.8) is 0 Å². The normalized spacial score (nSPS) is 19.7. The van der Waals surface area contributed by atoms with Crippen LogP contribution in [0.5, 0.6) is 5.75 Å². The Bertz CT molecular complexity index is 408. The molecule has 1 aromatic carbocycles. The molecule has 4 nitrogen and oxygen atoms in total. The highest BCUT2D eigenvalue weighted by Crippen LogP contribution is 2.25. The number of ether oxygens (including phenoxy) is 3. The van der Waals surface area contributed by atoms with E-state index < -0.39 is 0 Å². The van der Waals surface area contributed by atoms with Crippen molar-refractivity contribution < 1.29 is 14.2 Å². The molecule has 1 fully saturated rings. The van der Waals surface area contributed by atoms with Crippen molar-refractivity contribution >= 4 is 11.6 Å². The average molecular weight is 286 g/mol. The molecule has 0 spiro atoms. The van der Waals surface area contributed by atoms with Crippen molar-refractivity contribution in [3.05, 3.63) is 28.8 Å². The number of benzene rings is 1. The second kappa shape index (κ2) is 7.10. The molecule has 1 atom stereocenters. The monoisotopic (exact) mass is 285 g/mol. The van der Waals surface area contributed by atoms with E-state index >= 15 is 0 Å². The van der Waals surface area contributed by atoms with Crippen LogP contribution in [-0.4, -0.2) is 51.5 Å². The van der Waals surface area contributed by atoms with E-state index in [1.165, 1.54) is 0 Å². The molecule has 0 aliphatic carbocycles. The molecular formula is C14H20ClNO3. The summed E-state index contributed by atoms with van der Waals surface area (Å²) >= 11 is 6.12. The van der Waals surface area contributed by atoms with Crippen LogP contribution in [0, 0.1) is 0 Å². The van der Waals surface area contributed by atoms with Gasteiger partial charge in [-0.25, -0.2) is 0 Å². The maximum absolute atomic E-state index is 6.12. The molecule has 1 aromatic rings. The highest BCUT2D eigenvalue weighted by Gasteiger charge is 2.16. The molecule has 106 valence electrons. The molecule has 0 aromatic heterocycles. The van der Waals surface area contributed by atoms with Gasteiger partial charge in [0.2, 0.25) is 0 Å². The van der Waals surface area contributed by atoms with Crippen LogP contribution < -0.4 is 4.74 Å². The van der Waals surface area contributed by atoms with Gasteiger partial charge in [-0.3, -0.25) is 4.90 Å². The van der Waals surface area contributed by atoms with Crippen molar-refractivity contribution in [1.82, 2.24) is 4.90 Å². The molecule has 5 heteroatoms. The van der Waals surface area contributed by atoms with Gasteiger partial charge in [0.15, 0.2) is 0 Å². The Labute approximate surface area is 119 Å². The minimum absolute atomic E-state index is 0.160. The largest absolute Gasteiger partial charge is 0.495 e. The second-order valence-electron chi connectivity index (χ2n) is 4.73. The zero-order valence-corrected chi connectivity index (χ0v) is 12.2. The van der Waals surface area contributed by atoms with Gasteiger partial charge < -0.3 is 14.2 Å². The van der Waals surface area contributed by atoms with Crippen LogP contribution >= 0.6 is 11.6 Å². The summed E-state index contributed by atoms with van der Waals surface area (Å²) in [4.78, 5) is 2.21. The van der Waals surface area contributed by atoms with E-state index in [9.17, 15) is 0 Å². The third kappa shape index (κ3) is 4.35. The smallest absolute Gasteiger partial charge is 0.137 e. The van der Waals surface area contributed by atoms with Crippen LogP contribution in [-0.2, 0) is 16.0 Å². The first-order valence-corrected chi connectivity index (χ1v) is 6.77. The molecule has 1 saturated heterocycles. The Morgan fingerprint density at radius 2 is 2.26 bits per heavy atom. The predicted octanol–water partition coefficient (Wildman–Crippen LogP) is 2.20. The fourth-order valence-corrected chi connectivity index (χ4v) is 2.45. The van der Waals surface area contributed by atoms with E-state index in [0.717, 1.165) is 18.7 Å². The van der Waals surface area contributed by atoms with Crippen LogP contribution in [0.1, 0.15) is 5.56 Å². The highest BCUT2D eigenvalue weighted by atomic mass is 35.5. The van der Waals surface area contributed by atoms with Crippen molar-refractivity contribution in [2.24, 2.45) is 0 Å². The van der Waals surface area contributed by atoms with Crippen molar-refractivity contribution in [2.75, 3.05) is 40.5 Å². The Morgan fingerprint density at radius 1 is 1.42 bits per heavy atom. The summed E-state index contributed by atoms with van der Waals surface area (Å²) in [6, 6.07) is 5.86. The lowest BCUT2D eigenvalue weighted by molar-refractivity contribution is -0.0962. The van der Waals surface area contributed by atoms with E-state index in [1.54, 1.807) is 7.11 Å². The molecule has 0 radical (unpaired) electrons. The zero-order chi connectivity index (χ0) is 13.7. The lowest BCUT2D eigenvalue weighted by atomic mass is 10.2. The molecule has 0 N–H and O–H groups in total. The molecule has 1 heterocycles. The van der Waals surface area contributed by atoms with Crippen molar-refractivity contribution in [3.8, 4) is 5.75 Å². The van der Waals surface area contributed by atoms with Gasteiger partial charge in [0.1, 0.15) is 5.75 Å². The number of hydrogen-bond acceptors (Lipinski definition) is 4. The molecular weight excluding hydrogens is 266 g/mol. The number of methoxy groups -OCH3 is 1. The number of likely N-dealkylation sites (N-methyl/N-ethyl adjacent to an activating group) is 1. The minimum atomic E-state index is 0.160. The summed E-state index contributed by atoms with van der Waals surface area (Å²) in [5, 5.41) is 0.644. The van der Waals surface area contributed by atoms with Gasteiger partial charge in [-0.2, -0.15) is 0 Å². The van der Waals surface area contributed by atoms with Crippen molar-refractivity contribution in [1.29, 1.82) is 0 Å². The lowest BCUT2D eigenvalue weighted by Gasteiger charge is -2.27. The Morgan fingerprint density at radius 3 is 2.89 bits per heavy atom. The third-order valence-corrected chi connectivity index (χ3v) is 3.36. The van der Waals surface area contributed by atoms with Gasteiger partial charge in [-0.05, 0) is 24.7 Å². The highest BCUT2D eigenvalue weighted by molar-refractivity contribution is 6.32. The second-order valence-corrected chi connectivity index (χ2v) is 5.14. The van der Waals surface area contributed by atoms with Crippen molar-refractivity contribution in [2.45, 2.75) is 12.6 Å². The molecule has 0 bridgehead atoms. The lowest BCUT2D eigenvalue weighted by Crippen LogP contribution is -2.38. The SMILES string of the molecule is COc1ccc(CN(C)C[C@@H]2COCCO2)cc1Cl. The molecule has 1 aliphatic rings. The quantitative estimate of drug-likeness (QED) is 0.830. The predicted molar refractivity (Wildman–Crippen MR) is 74.9 cm³/mol. The number of halogens is 1. The maximum atomic E-state index is 6.12. The summed E-state index contributed by atoms with van der Waals surface area (Å²) in [5.74, 6) is 0.706. The van der Waals surface area contributed by atoms with E-state index in [1.807, 2.05) is 18.2 Å². The summed E-state index contributed by atoms with van der Waals surface area (Å²) in [6.07, 6.45) is 0.160. The van der Waals surface area contributed by atoms with Crippen LogP contribution in [0.2, 0.25) is 5.02 Å². The summed E-state index contributed by atoms with van der Waals surface area (Å²) in [5.41, 5.74) is 1.16. The van der Waals surface area contributed by atoms with E-state index in [0.29, 0.717) is 30.6 Å². The number of nitrogens with zero attached hydrogens (tertiary/aromatic N) is 1. The first-order chi connectivity index (χ1) is 9.19. The fourth-order valence-electron chi connectivity index (χ4n) is 2.17. The molecule has 0 unspecified atom stereocenters. The molecule has 1 aliphatic heterocycles.